The Balaban J connectivity index is 2.95. The first kappa shape index (κ1) is 11.1. The summed E-state index contributed by atoms with van der Waals surface area (Å²) in [6.07, 6.45) is -7.56. The zero-order valence-electron chi connectivity index (χ0n) is 6.63. The molecule has 1 aliphatic rings. The Labute approximate surface area is 75.9 Å². The second-order valence-corrected chi connectivity index (χ2v) is 2.65. The fraction of sp³-hybridized carbons (Fsp3) is 0.375. The van der Waals surface area contributed by atoms with Crippen LogP contribution in [0, 0.1) is 6.42 Å². The van der Waals surface area contributed by atoms with E-state index in [1.165, 1.54) is 0 Å². The van der Waals surface area contributed by atoms with Crippen molar-refractivity contribution in [2.24, 2.45) is 0 Å². The summed E-state index contributed by atoms with van der Waals surface area (Å²) in [5.74, 6) is 0. The lowest BCUT2D eigenvalue weighted by molar-refractivity contribution is -0.0976. The smallest absolute Gasteiger partial charge is 0.166 e. The van der Waals surface area contributed by atoms with Gasteiger partial charge in [0.1, 0.15) is 0 Å². The maximum atomic E-state index is 12.0. The lowest BCUT2D eigenvalue weighted by atomic mass is 9.99. The van der Waals surface area contributed by atoms with Gasteiger partial charge in [-0.2, -0.15) is 26.3 Å². The first-order valence-corrected chi connectivity index (χ1v) is 3.50. The van der Waals surface area contributed by atoms with Gasteiger partial charge in [0.05, 0.1) is 5.57 Å². The molecule has 0 spiro atoms. The Morgan fingerprint density at radius 1 is 1.00 bits per heavy atom. The number of allylic oxidation sites excluding steroid dienone is 4. The zero-order chi connectivity index (χ0) is 11.0. The first-order valence-electron chi connectivity index (χ1n) is 3.50. The molecule has 78 valence electrons. The van der Waals surface area contributed by atoms with E-state index in [0.29, 0.717) is 6.08 Å². The summed E-state index contributed by atoms with van der Waals surface area (Å²) in [7, 11) is 0. The molecule has 0 unspecified atom stereocenters. The minimum atomic E-state index is -4.76. The molecule has 0 nitrogen and oxygen atoms in total. The molecule has 1 aliphatic carbocycles. The van der Waals surface area contributed by atoms with Crippen LogP contribution in [0.2, 0.25) is 0 Å². The SMILES string of the molecule is FC(F)(F)C1=C[C]CC(C(F)(F)F)=C1. The van der Waals surface area contributed by atoms with E-state index in [9.17, 15) is 26.3 Å². The molecule has 0 aromatic heterocycles. The molecule has 0 heterocycles. The van der Waals surface area contributed by atoms with Crippen LogP contribution in [0.4, 0.5) is 26.3 Å². The van der Waals surface area contributed by atoms with Gasteiger partial charge in [-0.15, -0.1) is 0 Å². The second-order valence-electron chi connectivity index (χ2n) is 2.65. The van der Waals surface area contributed by atoms with E-state index in [-0.39, 0.29) is 6.08 Å². The van der Waals surface area contributed by atoms with E-state index in [0.717, 1.165) is 0 Å². The summed E-state index contributed by atoms with van der Waals surface area (Å²) in [6, 6.07) is 0. The lowest BCUT2D eigenvalue weighted by Crippen LogP contribution is -2.18. The minimum Gasteiger partial charge on any atom is -0.166 e. The fourth-order valence-electron chi connectivity index (χ4n) is 0.897. The molecule has 2 radical (unpaired) electrons. The molecule has 0 aromatic carbocycles. The van der Waals surface area contributed by atoms with Crippen LogP contribution >= 0.6 is 0 Å². The van der Waals surface area contributed by atoms with Gasteiger partial charge in [0.2, 0.25) is 0 Å². The quantitative estimate of drug-likeness (QED) is 0.542. The van der Waals surface area contributed by atoms with E-state index in [2.05, 4.69) is 0 Å². The Kier molecular flexibility index (Phi) is 2.65. The Bertz CT molecular complexity index is 277. The van der Waals surface area contributed by atoms with Crippen molar-refractivity contribution in [3.05, 3.63) is 29.7 Å². The predicted molar refractivity (Wildman–Crippen MR) is 36.1 cm³/mol. The third kappa shape index (κ3) is 2.52. The molecule has 0 amide bonds. The highest BCUT2D eigenvalue weighted by atomic mass is 19.4. The van der Waals surface area contributed by atoms with Crippen molar-refractivity contribution < 1.29 is 26.3 Å². The zero-order valence-corrected chi connectivity index (χ0v) is 6.63. The maximum absolute atomic E-state index is 12.0. The summed E-state index contributed by atoms with van der Waals surface area (Å²) in [6.45, 7) is 0. The Morgan fingerprint density at radius 3 is 2.00 bits per heavy atom. The van der Waals surface area contributed by atoms with Crippen molar-refractivity contribution >= 4 is 0 Å². The molecule has 0 aliphatic heterocycles. The molecule has 1 rings (SSSR count). The minimum absolute atomic E-state index is 0.108. The average molecular weight is 214 g/mol. The molecular weight excluding hydrogens is 210 g/mol. The Hall–Kier alpha value is -0.940. The van der Waals surface area contributed by atoms with Crippen molar-refractivity contribution in [2.75, 3.05) is 0 Å². The fourth-order valence-corrected chi connectivity index (χ4v) is 0.897. The van der Waals surface area contributed by atoms with Gasteiger partial charge >= 0.3 is 12.4 Å². The Morgan fingerprint density at radius 2 is 1.57 bits per heavy atom. The van der Waals surface area contributed by atoms with Crippen LogP contribution in [0.5, 0.6) is 0 Å². The summed E-state index contributed by atoms with van der Waals surface area (Å²) in [5, 5.41) is 0. The van der Waals surface area contributed by atoms with Crippen LogP contribution in [0.3, 0.4) is 0 Å². The van der Waals surface area contributed by atoms with E-state index in [1.807, 2.05) is 6.42 Å². The largest absolute Gasteiger partial charge is 0.416 e. The third-order valence-electron chi connectivity index (χ3n) is 1.57. The summed E-state index contributed by atoms with van der Waals surface area (Å²) in [5.41, 5.74) is -2.55. The number of hydrogen-bond acceptors (Lipinski definition) is 0. The van der Waals surface area contributed by atoms with Crippen LogP contribution in [-0.4, -0.2) is 12.4 Å². The van der Waals surface area contributed by atoms with Crippen LogP contribution in [-0.2, 0) is 0 Å². The number of hydrogen-bond donors (Lipinski definition) is 0. The lowest BCUT2D eigenvalue weighted by Gasteiger charge is -2.17. The van der Waals surface area contributed by atoms with Crippen molar-refractivity contribution in [1.82, 2.24) is 0 Å². The van der Waals surface area contributed by atoms with Crippen LogP contribution < -0.4 is 0 Å². The maximum Gasteiger partial charge on any atom is 0.416 e. The van der Waals surface area contributed by atoms with Crippen molar-refractivity contribution in [3.8, 4) is 0 Å². The molecule has 14 heavy (non-hydrogen) atoms. The number of alkyl halides is 6. The molecule has 6 heteroatoms. The summed E-state index contributed by atoms with van der Waals surface area (Å²) >= 11 is 0. The highest BCUT2D eigenvalue weighted by Crippen LogP contribution is 2.37. The van der Waals surface area contributed by atoms with Gasteiger partial charge < -0.3 is 0 Å². The molecule has 0 aromatic rings. The molecule has 0 saturated heterocycles. The van der Waals surface area contributed by atoms with E-state index < -0.39 is 29.9 Å². The topological polar surface area (TPSA) is 0 Å². The monoisotopic (exact) mass is 214 g/mol. The first-order chi connectivity index (χ1) is 6.21. The van der Waals surface area contributed by atoms with E-state index >= 15 is 0 Å². The average Bonchev–Trinajstić information content (AvgIpc) is 2.01. The van der Waals surface area contributed by atoms with E-state index in [4.69, 9.17) is 0 Å². The molecule has 0 saturated carbocycles. The number of rotatable bonds is 0. The molecule has 0 bridgehead atoms. The van der Waals surface area contributed by atoms with Gasteiger partial charge in [0.15, 0.2) is 0 Å². The third-order valence-corrected chi connectivity index (χ3v) is 1.57. The van der Waals surface area contributed by atoms with Gasteiger partial charge in [-0.1, -0.05) is 6.08 Å². The van der Waals surface area contributed by atoms with Gasteiger partial charge in [-0.05, 0) is 12.5 Å². The van der Waals surface area contributed by atoms with Crippen LogP contribution in [0.25, 0.3) is 0 Å². The predicted octanol–water partition coefficient (Wildman–Crippen LogP) is 3.45. The molecule has 0 atom stereocenters. The molecular formula is C8H4F6. The highest BCUT2D eigenvalue weighted by molar-refractivity contribution is 5.37. The van der Waals surface area contributed by atoms with Crippen molar-refractivity contribution in [3.63, 3.8) is 0 Å². The molecule has 0 N–H and O–H groups in total. The van der Waals surface area contributed by atoms with Gasteiger partial charge in [-0.25, -0.2) is 0 Å². The van der Waals surface area contributed by atoms with Crippen molar-refractivity contribution in [2.45, 2.75) is 18.8 Å². The standard InChI is InChI=1S/C8H4F6/c9-7(10,11)5-2-1-3-6(4-5)8(12,13)14/h2,4H,3H2. The van der Waals surface area contributed by atoms with Crippen LogP contribution in [0.15, 0.2) is 23.3 Å². The second kappa shape index (κ2) is 3.33. The van der Waals surface area contributed by atoms with Gasteiger partial charge in [0, 0.05) is 12.0 Å². The normalized spacial score (nSPS) is 19.0. The van der Waals surface area contributed by atoms with E-state index in [1.54, 1.807) is 0 Å². The molecule has 0 fully saturated rings. The summed E-state index contributed by atoms with van der Waals surface area (Å²) < 4.78 is 71.9. The summed E-state index contributed by atoms with van der Waals surface area (Å²) in [4.78, 5) is 0. The van der Waals surface area contributed by atoms with Crippen LogP contribution in [0.1, 0.15) is 6.42 Å². The van der Waals surface area contributed by atoms with Crippen molar-refractivity contribution in [1.29, 1.82) is 0 Å². The van der Waals surface area contributed by atoms with Gasteiger partial charge in [-0.3, -0.25) is 0 Å². The highest BCUT2D eigenvalue weighted by Gasteiger charge is 2.39. The number of halogens is 6. The van der Waals surface area contributed by atoms with Gasteiger partial charge in [0.25, 0.3) is 0 Å².